The van der Waals surface area contributed by atoms with Gasteiger partial charge in [-0.05, 0) is 32.3 Å². The van der Waals surface area contributed by atoms with Crippen molar-refractivity contribution in [3.8, 4) is 0 Å². The maximum atomic E-state index is 12.0. The van der Waals surface area contributed by atoms with Crippen LogP contribution in [0, 0.1) is 13.8 Å². The van der Waals surface area contributed by atoms with E-state index >= 15 is 0 Å². The van der Waals surface area contributed by atoms with E-state index in [-0.39, 0.29) is 12.0 Å². The zero-order valence-corrected chi connectivity index (χ0v) is 10.6. The smallest absolute Gasteiger partial charge is 0.336 e. The molecule has 2 rings (SSSR count). The number of amides is 1. The third-order valence-electron chi connectivity index (χ3n) is 3.08. The van der Waals surface area contributed by atoms with Crippen LogP contribution >= 0.6 is 0 Å². The van der Waals surface area contributed by atoms with E-state index in [9.17, 15) is 9.59 Å². The van der Waals surface area contributed by atoms with Crippen LogP contribution < -0.4 is 10.9 Å². The number of hydrogen-bond acceptors (Lipinski definition) is 4. The van der Waals surface area contributed by atoms with E-state index in [0.29, 0.717) is 23.4 Å². The van der Waals surface area contributed by atoms with Crippen molar-refractivity contribution in [2.75, 3.05) is 13.2 Å². The second-order valence-electron chi connectivity index (χ2n) is 4.52. The molecule has 0 unspecified atom stereocenters. The average Bonchev–Trinajstić information content (AvgIpc) is 2.77. The molecule has 0 aliphatic carbocycles. The fourth-order valence-corrected chi connectivity index (χ4v) is 2.20. The molecule has 1 atom stereocenters. The van der Waals surface area contributed by atoms with Crippen molar-refractivity contribution in [2.24, 2.45) is 0 Å². The molecule has 1 aromatic heterocycles. The van der Waals surface area contributed by atoms with Crippen molar-refractivity contribution in [2.45, 2.75) is 32.8 Å². The van der Waals surface area contributed by atoms with Crippen molar-refractivity contribution in [1.29, 1.82) is 0 Å². The molecular weight excluding hydrogens is 234 g/mol. The number of nitrogens with one attached hydrogen (secondary N) is 1. The van der Waals surface area contributed by atoms with Gasteiger partial charge in [0, 0.05) is 19.2 Å². The van der Waals surface area contributed by atoms with Crippen LogP contribution in [0.3, 0.4) is 0 Å². The van der Waals surface area contributed by atoms with Gasteiger partial charge in [0.15, 0.2) is 0 Å². The van der Waals surface area contributed by atoms with Crippen molar-refractivity contribution in [3.05, 3.63) is 33.4 Å². The first-order valence-corrected chi connectivity index (χ1v) is 6.09. The lowest BCUT2D eigenvalue weighted by molar-refractivity contribution is 0.0854. The first-order chi connectivity index (χ1) is 8.58. The van der Waals surface area contributed by atoms with Gasteiger partial charge in [0.05, 0.1) is 11.7 Å². The van der Waals surface area contributed by atoms with Gasteiger partial charge in [0.1, 0.15) is 5.76 Å². The Bertz CT molecular complexity index is 474. The van der Waals surface area contributed by atoms with Crippen LogP contribution in [-0.2, 0) is 4.74 Å². The van der Waals surface area contributed by atoms with Crippen molar-refractivity contribution < 1.29 is 13.9 Å². The van der Waals surface area contributed by atoms with Crippen LogP contribution in [0.25, 0.3) is 0 Å². The van der Waals surface area contributed by atoms with Gasteiger partial charge in [-0.15, -0.1) is 0 Å². The summed E-state index contributed by atoms with van der Waals surface area (Å²) in [7, 11) is 0. The molecule has 1 fully saturated rings. The number of ether oxygens (including phenoxy) is 1. The Kier molecular flexibility index (Phi) is 3.81. The maximum Gasteiger partial charge on any atom is 0.336 e. The lowest BCUT2D eigenvalue weighted by Crippen LogP contribution is -2.32. The van der Waals surface area contributed by atoms with Gasteiger partial charge in [-0.3, -0.25) is 4.79 Å². The van der Waals surface area contributed by atoms with Crippen LogP contribution in [0.4, 0.5) is 0 Å². The summed E-state index contributed by atoms with van der Waals surface area (Å²) in [5.41, 5.74) is 0.641. The quantitative estimate of drug-likeness (QED) is 0.875. The van der Waals surface area contributed by atoms with Crippen LogP contribution in [-0.4, -0.2) is 25.2 Å². The number of rotatable bonds is 3. The summed E-state index contributed by atoms with van der Waals surface area (Å²) >= 11 is 0. The Morgan fingerprint density at radius 3 is 2.89 bits per heavy atom. The van der Waals surface area contributed by atoms with Gasteiger partial charge in [-0.1, -0.05) is 0 Å². The highest BCUT2D eigenvalue weighted by molar-refractivity contribution is 5.96. The van der Waals surface area contributed by atoms with E-state index in [2.05, 4.69) is 5.32 Å². The highest BCUT2D eigenvalue weighted by atomic mass is 16.5. The standard InChI is InChI=1S/C13H17NO4/c1-8-6-11(15)18-9(2)12(8)13(16)14-7-10-4-3-5-17-10/h6,10H,3-5,7H2,1-2H3,(H,14,16)/t10-/m0/s1. The minimum absolute atomic E-state index is 0.102. The van der Waals surface area contributed by atoms with E-state index in [1.807, 2.05) is 0 Å². The summed E-state index contributed by atoms with van der Waals surface area (Å²) in [6.07, 6.45) is 2.12. The van der Waals surface area contributed by atoms with Crippen LogP contribution in [0.1, 0.15) is 34.5 Å². The third-order valence-corrected chi connectivity index (χ3v) is 3.08. The summed E-state index contributed by atoms with van der Waals surface area (Å²) in [5, 5.41) is 2.82. The molecule has 0 saturated carbocycles. The summed E-state index contributed by atoms with van der Waals surface area (Å²) in [4.78, 5) is 23.2. The van der Waals surface area contributed by atoms with E-state index in [1.54, 1.807) is 13.8 Å². The van der Waals surface area contributed by atoms with E-state index < -0.39 is 5.63 Å². The number of carbonyl (C=O) groups excluding carboxylic acids is 1. The minimum Gasteiger partial charge on any atom is -0.427 e. The molecule has 1 aliphatic rings. The molecular formula is C13H17NO4. The molecule has 5 nitrogen and oxygen atoms in total. The van der Waals surface area contributed by atoms with Gasteiger partial charge in [0.2, 0.25) is 0 Å². The Morgan fingerprint density at radius 2 is 2.28 bits per heavy atom. The normalized spacial score (nSPS) is 18.9. The summed E-state index contributed by atoms with van der Waals surface area (Å²) in [6.45, 7) is 4.61. The highest BCUT2D eigenvalue weighted by Gasteiger charge is 2.19. The minimum atomic E-state index is -0.430. The van der Waals surface area contributed by atoms with Crippen LogP contribution in [0.15, 0.2) is 15.3 Å². The van der Waals surface area contributed by atoms with Crippen LogP contribution in [0.2, 0.25) is 0 Å². The monoisotopic (exact) mass is 251 g/mol. The molecule has 18 heavy (non-hydrogen) atoms. The van der Waals surface area contributed by atoms with Crippen LogP contribution in [0.5, 0.6) is 0 Å². The SMILES string of the molecule is Cc1cc(=O)oc(C)c1C(=O)NC[C@@H]1CCCO1. The summed E-state index contributed by atoms with van der Waals surface area (Å²) < 4.78 is 10.4. The molecule has 0 spiro atoms. The van der Waals surface area contributed by atoms with Gasteiger partial charge in [0.25, 0.3) is 5.91 Å². The topological polar surface area (TPSA) is 68.5 Å². The molecule has 0 aromatic carbocycles. The zero-order chi connectivity index (χ0) is 13.1. The molecule has 1 N–H and O–H groups in total. The second kappa shape index (κ2) is 5.35. The summed E-state index contributed by atoms with van der Waals surface area (Å²) in [6, 6.07) is 1.33. The van der Waals surface area contributed by atoms with Gasteiger partial charge in [-0.2, -0.15) is 0 Å². The Labute approximate surface area is 105 Å². The van der Waals surface area contributed by atoms with E-state index in [4.69, 9.17) is 9.15 Å². The number of carbonyl (C=O) groups is 1. The Hall–Kier alpha value is -1.62. The summed E-state index contributed by atoms with van der Waals surface area (Å²) in [5.74, 6) is 0.133. The number of aryl methyl sites for hydroxylation is 2. The first-order valence-electron chi connectivity index (χ1n) is 6.09. The average molecular weight is 251 g/mol. The third kappa shape index (κ3) is 2.79. The Morgan fingerprint density at radius 1 is 1.50 bits per heavy atom. The predicted molar refractivity (Wildman–Crippen MR) is 65.8 cm³/mol. The van der Waals surface area contributed by atoms with Crippen molar-refractivity contribution in [3.63, 3.8) is 0 Å². The molecule has 1 amide bonds. The predicted octanol–water partition coefficient (Wildman–Crippen LogP) is 1.17. The maximum absolute atomic E-state index is 12.0. The van der Waals surface area contributed by atoms with Gasteiger partial charge < -0.3 is 14.5 Å². The molecule has 0 bridgehead atoms. The zero-order valence-electron chi connectivity index (χ0n) is 10.6. The molecule has 1 saturated heterocycles. The first kappa shape index (κ1) is 12.8. The van der Waals surface area contributed by atoms with Gasteiger partial charge >= 0.3 is 5.63 Å². The molecule has 98 valence electrons. The lowest BCUT2D eigenvalue weighted by Gasteiger charge is -2.12. The van der Waals surface area contributed by atoms with Crippen molar-refractivity contribution in [1.82, 2.24) is 5.32 Å². The Balaban J connectivity index is 2.06. The van der Waals surface area contributed by atoms with Gasteiger partial charge in [-0.25, -0.2) is 4.79 Å². The van der Waals surface area contributed by atoms with Crippen molar-refractivity contribution >= 4 is 5.91 Å². The second-order valence-corrected chi connectivity index (χ2v) is 4.52. The van der Waals surface area contributed by atoms with E-state index in [0.717, 1.165) is 19.4 Å². The fraction of sp³-hybridized carbons (Fsp3) is 0.538. The molecule has 2 heterocycles. The molecule has 5 heteroatoms. The molecule has 1 aliphatic heterocycles. The molecule has 1 aromatic rings. The largest absolute Gasteiger partial charge is 0.427 e. The highest BCUT2D eigenvalue weighted by Crippen LogP contribution is 2.13. The lowest BCUT2D eigenvalue weighted by atomic mass is 10.1. The number of hydrogen-bond donors (Lipinski definition) is 1. The molecule has 0 radical (unpaired) electrons. The fourth-order valence-electron chi connectivity index (χ4n) is 2.20. The van der Waals surface area contributed by atoms with E-state index in [1.165, 1.54) is 6.07 Å².